The smallest absolute Gasteiger partial charge is 0.224 e. The Labute approximate surface area is 118 Å². The van der Waals surface area contributed by atoms with E-state index in [1.807, 2.05) is 0 Å². The number of amides is 1. The van der Waals surface area contributed by atoms with E-state index in [1.54, 1.807) is 6.07 Å². The number of fused-ring (bicyclic) bond motifs is 1. The number of anilines is 2. The van der Waals surface area contributed by atoms with Crippen LogP contribution in [0.4, 0.5) is 15.8 Å². The van der Waals surface area contributed by atoms with Crippen LogP contribution >= 0.6 is 0 Å². The van der Waals surface area contributed by atoms with Gasteiger partial charge in [-0.3, -0.25) is 4.79 Å². The minimum atomic E-state index is -0.233. The summed E-state index contributed by atoms with van der Waals surface area (Å²) in [6.07, 6.45) is 3.40. The molecule has 4 nitrogen and oxygen atoms in total. The number of rotatable bonds is 3. The molecule has 1 fully saturated rings. The lowest BCUT2D eigenvalue weighted by molar-refractivity contribution is -0.116. The van der Waals surface area contributed by atoms with Gasteiger partial charge in [0.05, 0.1) is 5.69 Å². The lowest BCUT2D eigenvalue weighted by Gasteiger charge is -2.24. The van der Waals surface area contributed by atoms with Crippen LogP contribution in [0.15, 0.2) is 12.1 Å². The third kappa shape index (κ3) is 2.93. The first-order valence-electron chi connectivity index (χ1n) is 7.29. The quantitative estimate of drug-likeness (QED) is 0.793. The summed E-state index contributed by atoms with van der Waals surface area (Å²) in [6, 6.07) is 3.26. The summed E-state index contributed by atoms with van der Waals surface area (Å²) < 4.78 is 14.0. The van der Waals surface area contributed by atoms with E-state index in [0.29, 0.717) is 24.4 Å². The average Bonchev–Trinajstić information content (AvgIpc) is 2.46. The zero-order chi connectivity index (χ0) is 13.9. The lowest BCUT2D eigenvalue weighted by Crippen LogP contribution is -2.33. The van der Waals surface area contributed by atoms with Crippen LogP contribution in [-0.4, -0.2) is 25.5 Å². The van der Waals surface area contributed by atoms with Gasteiger partial charge < -0.3 is 16.0 Å². The minimum Gasteiger partial charge on any atom is -0.382 e. The molecular weight excluding hydrogens is 257 g/mol. The SMILES string of the molecule is O=C1CCc2cc(F)c(NCC3CCCNC3)cc2N1. The number of halogens is 1. The fourth-order valence-corrected chi connectivity index (χ4v) is 2.89. The number of hydrogen-bond acceptors (Lipinski definition) is 3. The summed E-state index contributed by atoms with van der Waals surface area (Å²) in [5.41, 5.74) is 2.11. The van der Waals surface area contributed by atoms with Gasteiger partial charge in [-0.2, -0.15) is 0 Å². The molecule has 3 rings (SSSR count). The molecule has 0 aromatic heterocycles. The van der Waals surface area contributed by atoms with Crippen molar-refractivity contribution in [3.63, 3.8) is 0 Å². The van der Waals surface area contributed by atoms with Gasteiger partial charge in [0.1, 0.15) is 5.82 Å². The first-order chi connectivity index (χ1) is 9.72. The van der Waals surface area contributed by atoms with E-state index >= 15 is 0 Å². The number of benzene rings is 1. The summed E-state index contributed by atoms with van der Waals surface area (Å²) in [5, 5.41) is 9.34. The van der Waals surface area contributed by atoms with Crippen LogP contribution < -0.4 is 16.0 Å². The Morgan fingerprint density at radius 2 is 2.25 bits per heavy atom. The highest BCUT2D eigenvalue weighted by Gasteiger charge is 2.18. The molecule has 1 amide bonds. The first kappa shape index (κ1) is 13.4. The molecule has 0 spiro atoms. The van der Waals surface area contributed by atoms with Crippen molar-refractivity contribution in [2.75, 3.05) is 30.3 Å². The fraction of sp³-hybridized carbons (Fsp3) is 0.533. The van der Waals surface area contributed by atoms with Gasteiger partial charge in [0.15, 0.2) is 0 Å². The van der Waals surface area contributed by atoms with Crippen LogP contribution in [-0.2, 0) is 11.2 Å². The number of piperidine rings is 1. The summed E-state index contributed by atoms with van der Waals surface area (Å²) >= 11 is 0. The molecule has 1 saturated heterocycles. The van der Waals surface area contributed by atoms with Gasteiger partial charge in [-0.25, -0.2) is 4.39 Å². The molecule has 1 aromatic carbocycles. The van der Waals surface area contributed by atoms with E-state index < -0.39 is 0 Å². The summed E-state index contributed by atoms with van der Waals surface area (Å²) in [4.78, 5) is 11.4. The Balaban J connectivity index is 1.69. The molecule has 1 atom stereocenters. The monoisotopic (exact) mass is 277 g/mol. The van der Waals surface area contributed by atoms with E-state index in [0.717, 1.165) is 30.9 Å². The standard InChI is InChI=1S/C15H20FN3O/c16-12-6-11-3-4-15(20)19-13(11)7-14(12)18-9-10-2-1-5-17-8-10/h6-7,10,17-18H,1-5,8-9H2,(H,19,20). The van der Waals surface area contributed by atoms with Crippen molar-refractivity contribution < 1.29 is 9.18 Å². The number of hydrogen-bond donors (Lipinski definition) is 3. The Kier molecular flexibility index (Phi) is 3.87. The molecule has 2 heterocycles. The van der Waals surface area contributed by atoms with Crippen molar-refractivity contribution >= 4 is 17.3 Å². The molecule has 108 valence electrons. The van der Waals surface area contributed by atoms with Crippen molar-refractivity contribution in [2.24, 2.45) is 5.92 Å². The van der Waals surface area contributed by atoms with Crippen LogP contribution in [0.5, 0.6) is 0 Å². The van der Waals surface area contributed by atoms with Gasteiger partial charge in [0, 0.05) is 18.7 Å². The van der Waals surface area contributed by atoms with Crippen molar-refractivity contribution in [1.82, 2.24) is 5.32 Å². The molecule has 2 aliphatic rings. The van der Waals surface area contributed by atoms with Crippen molar-refractivity contribution in [1.29, 1.82) is 0 Å². The first-order valence-corrected chi connectivity index (χ1v) is 7.29. The summed E-state index contributed by atoms with van der Waals surface area (Å²) in [7, 11) is 0. The Bertz CT molecular complexity index is 512. The Hall–Kier alpha value is -1.62. The van der Waals surface area contributed by atoms with E-state index in [1.165, 1.54) is 18.9 Å². The molecule has 5 heteroatoms. The maximum atomic E-state index is 14.0. The molecule has 3 N–H and O–H groups in total. The average molecular weight is 277 g/mol. The lowest BCUT2D eigenvalue weighted by atomic mass is 9.99. The van der Waals surface area contributed by atoms with E-state index in [-0.39, 0.29) is 11.7 Å². The van der Waals surface area contributed by atoms with Crippen molar-refractivity contribution in [3.8, 4) is 0 Å². The number of aryl methyl sites for hydroxylation is 1. The predicted molar refractivity (Wildman–Crippen MR) is 77.4 cm³/mol. The predicted octanol–water partition coefficient (Wildman–Crippen LogP) is 2.12. The van der Waals surface area contributed by atoms with Crippen molar-refractivity contribution in [3.05, 3.63) is 23.5 Å². The molecule has 2 aliphatic heterocycles. The topological polar surface area (TPSA) is 53.2 Å². The van der Waals surface area contributed by atoms with Gasteiger partial charge in [0.25, 0.3) is 0 Å². The molecule has 20 heavy (non-hydrogen) atoms. The van der Waals surface area contributed by atoms with Crippen LogP contribution in [0.2, 0.25) is 0 Å². The molecule has 1 aromatic rings. The molecule has 0 radical (unpaired) electrons. The van der Waals surface area contributed by atoms with Gasteiger partial charge >= 0.3 is 0 Å². The normalized spacial score (nSPS) is 22.1. The zero-order valence-electron chi connectivity index (χ0n) is 11.5. The second-order valence-corrected chi connectivity index (χ2v) is 5.63. The van der Waals surface area contributed by atoms with E-state index in [2.05, 4.69) is 16.0 Å². The minimum absolute atomic E-state index is 0.00605. The van der Waals surface area contributed by atoms with Crippen LogP contribution in [0.3, 0.4) is 0 Å². The van der Waals surface area contributed by atoms with Gasteiger partial charge in [-0.15, -0.1) is 0 Å². The second-order valence-electron chi connectivity index (χ2n) is 5.63. The molecule has 0 bridgehead atoms. The highest BCUT2D eigenvalue weighted by molar-refractivity contribution is 5.94. The Morgan fingerprint density at radius 3 is 3.05 bits per heavy atom. The van der Waals surface area contributed by atoms with Gasteiger partial charge in [-0.05, 0) is 56.0 Å². The second kappa shape index (κ2) is 5.79. The fourth-order valence-electron chi connectivity index (χ4n) is 2.89. The molecular formula is C15H20FN3O. The van der Waals surface area contributed by atoms with E-state index in [9.17, 15) is 9.18 Å². The number of carbonyl (C=O) groups is 1. The molecule has 0 saturated carbocycles. The van der Waals surface area contributed by atoms with Crippen molar-refractivity contribution in [2.45, 2.75) is 25.7 Å². The van der Waals surface area contributed by atoms with Gasteiger partial charge in [-0.1, -0.05) is 0 Å². The third-order valence-corrected chi connectivity index (χ3v) is 4.07. The molecule has 1 unspecified atom stereocenters. The van der Waals surface area contributed by atoms with Gasteiger partial charge in [0.2, 0.25) is 5.91 Å². The largest absolute Gasteiger partial charge is 0.382 e. The van der Waals surface area contributed by atoms with E-state index in [4.69, 9.17) is 0 Å². The zero-order valence-corrected chi connectivity index (χ0v) is 11.5. The highest BCUT2D eigenvalue weighted by Crippen LogP contribution is 2.28. The summed E-state index contributed by atoms with van der Waals surface area (Å²) in [6.45, 7) is 2.82. The van der Waals surface area contributed by atoms with Crippen LogP contribution in [0.1, 0.15) is 24.8 Å². The van der Waals surface area contributed by atoms with Crippen LogP contribution in [0.25, 0.3) is 0 Å². The molecule has 0 aliphatic carbocycles. The van der Waals surface area contributed by atoms with Crippen LogP contribution in [0, 0.1) is 11.7 Å². The maximum Gasteiger partial charge on any atom is 0.224 e. The number of nitrogens with one attached hydrogen (secondary N) is 3. The Morgan fingerprint density at radius 1 is 1.35 bits per heavy atom. The number of carbonyl (C=O) groups excluding carboxylic acids is 1. The maximum absolute atomic E-state index is 14.0. The summed E-state index contributed by atoms with van der Waals surface area (Å²) in [5.74, 6) is 0.309. The highest BCUT2D eigenvalue weighted by atomic mass is 19.1. The third-order valence-electron chi connectivity index (χ3n) is 4.07.